The van der Waals surface area contributed by atoms with Crippen molar-refractivity contribution >= 4 is 0 Å². The van der Waals surface area contributed by atoms with Crippen LogP contribution in [0, 0.1) is 6.07 Å². The van der Waals surface area contributed by atoms with E-state index in [9.17, 15) is 0 Å². The van der Waals surface area contributed by atoms with E-state index in [1.807, 2.05) is 12.1 Å². The Morgan fingerprint density at radius 3 is 3.50 bits per heavy atom. The maximum atomic E-state index is 5.93. The molecule has 1 saturated heterocycles. The van der Waals surface area contributed by atoms with Crippen LogP contribution in [0.3, 0.4) is 0 Å². The normalized spacial score (nSPS) is 34.5. The molecular weight excluding hydrogens is 174 g/mol. The largest absolute Gasteiger partial charge is 0.488 e. The summed E-state index contributed by atoms with van der Waals surface area (Å²) in [6, 6.07) is 9.18. The van der Waals surface area contributed by atoms with Crippen LogP contribution in [0.15, 0.2) is 18.2 Å². The average molecular weight is 188 g/mol. The molecule has 1 aromatic rings. The van der Waals surface area contributed by atoms with Crippen LogP contribution in [-0.4, -0.2) is 19.2 Å². The van der Waals surface area contributed by atoms with Crippen molar-refractivity contribution in [2.45, 2.75) is 24.9 Å². The maximum Gasteiger partial charge on any atom is 0.123 e. The second kappa shape index (κ2) is 2.74. The lowest BCUT2D eigenvalue weighted by atomic mass is 9.74. The molecule has 0 saturated carbocycles. The van der Waals surface area contributed by atoms with Gasteiger partial charge in [0.15, 0.2) is 0 Å². The first kappa shape index (κ1) is 8.30. The quantitative estimate of drug-likeness (QED) is 0.666. The summed E-state index contributed by atoms with van der Waals surface area (Å²) in [6.45, 7) is 4.36. The summed E-state index contributed by atoms with van der Waals surface area (Å²) >= 11 is 0. The zero-order valence-corrected chi connectivity index (χ0v) is 8.34. The van der Waals surface area contributed by atoms with Crippen LogP contribution in [0.1, 0.15) is 18.9 Å². The first-order valence-electron chi connectivity index (χ1n) is 5.19. The van der Waals surface area contributed by atoms with E-state index in [1.165, 1.54) is 5.56 Å². The molecule has 0 amide bonds. The monoisotopic (exact) mass is 188 g/mol. The van der Waals surface area contributed by atoms with Gasteiger partial charge in [-0.25, -0.2) is 0 Å². The maximum absolute atomic E-state index is 5.93. The molecule has 14 heavy (non-hydrogen) atoms. The van der Waals surface area contributed by atoms with Gasteiger partial charge < -0.3 is 10.1 Å². The Morgan fingerprint density at radius 2 is 2.57 bits per heavy atom. The van der Waals surface area contributed by atoms with E-state index in [0.717, 1.165) is 25.3 Å². The molecule has 0 bridgehead atoms. The van der Waals surface area contributed by atoms with Gasteiger partial charge in [0.2, 0.25) is 0 Å². The molecule has 1 radical (unpaired) electrons. The SMILES string of the molecule is CC12CCNCC1Oc1cc[c]cc12. The third-order valence-electron chi connectivity index (χ3n) is 3.57. The van der Waals surface area contributed by atoms with Crippen molar-refractivity contribution in [2.75, 3.05) is 13.1 Å². The third-order valence-corrected chi connectivity index (χ3v) is 3.57. The van der Waals surface area contributed by atoms with Crippen molar-refractivity contribution < 1.29 is 4.74 Å². The van der Waals surface area contributed by atoms with Crippen molar-refractivity contribution in [1.82, 2.24) is 5.32 Å². The Balaban J connectivity index is 2.10. The highest BCUT2D eigenvalue weighted by molar-refractivity contribution is 5.44. The number of hydrogen-bond donors (Lipinski definition) is 1. The van der Waals surface area contributed by atoms with Gasteiger partial charge in [-0.2, -0.15) is 0 Å². The summed E-state index contributed by atoms with van der Waals surface area (Å²) in [4.78, 5) is 0. The van der Waals surface area contributed by atoms with Crippen LogP contribution in [0.4, 0.5) is 0 Å². The highest BCUT2D eigenvalue weighted by atomic mass is 16.5. The fourth-order valence-electron chi connectivity index (χ4n) is 2.57. The van der Waals surface area contributed by atoms with E-state index >= 15 is 0 Å². The topological polar surface area (TPSA) is 21.3 Å². The molecule has 1 N–H and O–H groups in total. The number of fused-ring (bicyclic) bond motifs is 3. The molecule has 0 spiro atoms. The summed E-state index contributed by atoms with van der Waals surface area (Å²) in [6.07, 6.45) is 1.46. The molecule has 2 heterocycles. The molecule has 1 aromatic carbocycles. The fraction of sp³-hybridized carbons (Fsp3) is 0.500. The van der Waals surface area contributed by atoms with Gasteiger partial charge in [-0.05, 0) is 31.2 Å². The van der Waals surface area contributed by atoms with Gasteiger partial charge in [-0.1, -0.05) is 13.0 Å². The zero-order chi connectivity index (χ0) is 9.60. The number of piperidine rings is 1. The Morgan fingerprint density at radius 1 is 1.64 bits per heavy atom. The third kappa shape index (κ3) is 0.947. The van der Waals surface area contributed by atoms with E-state index in [4.69, 9.17) is 4.74 Å². The Bertz CT molecular complexity index is 363. The van der Waals surface area contributed by atoms with Crippen molar-refractivity contribution in [3.05, 3.63) is 29.8 Å². The minimum atomic E-state index is 0.207. The van der Waals surface area contributed by atoms with Crippen LogP contribution in [0.2, 0.25) is 0 Å². The fourth-order valence-corrected chi connectivity index (χ4v) is 2.57. The Hall–Kier alpha value is -1.02. The number of rotatable bonds is 0. The molecule has 2 aliphatic rings. The number of nitrogens with one attached hydrogen (secondary N) is 1. The first-order chi connectivity index (χ1) is 6.81. The molecule has 2 unspecified atom stereocenters. The van der Waals surface area contributed by atoms with Crippen molar-refractivity contribution in [3.63, 3.8) is 0 Å². The van der Waals surface area contributed by atoms with Gasteiger partial charge >= 0.3 is 0 Å². The van der Waals surface area contributed by atoms with E-state index in [2.05, 4.69) is 24.4 Å². The van der Waals surface area contributed by atoms with Crippen molar-refractivity contribution in [3.8, 4) is 5.75 Å². The molecule has 1 fully saturated rings. The standard InChI is InChI=1S/C12H14NO/c1-12-6-7-13-8-11(12)14-10-5-3-2-4-9(10)12/h3-5,11,13H,6-8H2,1H3. The van der Waals surface area contributed by atoms with E-state index < -0.39 is 0 Å². The predicted octanol–water partition coefficient (Wildman–Crippen LogP) is 1.50. The van der Waals surface area contributed by atoms with Gasteiger partial charge in [0, 0.05) is 17.5 Å². The summed E-state index contributed by atoms with van der Waals surface area (Å²) in [5.41, 5.74) is 1.55. The smallest absolute Gasteiger partial charge is 0.123 e. The summed E-state index contributed by atoms with van der Waals surface area (Å²) < 4.78 is 5.93. The molecule has 2 nitrogen and oxygen atoms in total. The molecule has 2 atom stereocenters. The van der Waals surface area contributed by atoms with Gasteiger partial charge in [0.25, 0.3) is 0 Å². The number of ether oxygens (including phenoxy) is 1. The van der Waals surface area contributed by atoms with Crippen LogP contribution in [0.5, 0.6) is 5.75 Å². The lowest BCUT2D eigenvalue weighted by molar-refractivity contribution is 0.124. The highest BCUT2D eigenvalue weighted by Gasteiger charge is 2.46. The first-order valence-corrected chi connectivity index (χ1v) is 5.19. The highest BCUT2D eigenvalue weighted by Crippen LogP contribution is 2.45. The molecule has 73 valence electrons. The van der Waals surface area contributed by atoms with Gasteiger partial charge in [-0.3, -0.25) is 0 Å². The minimum absolute atomic E-state index is 0.207. The molecular formula is C12H14NO. The van der Waals surface area contributed by atoms with Crippen molar-refractivity contribution in [2.24, 2.45) is 0 Å². The molecule has 2 heteroatoms. The molecule has 0 aromatic heterocycles. The summed E-state index contributed by atoms with van der Waals surface area (Å²) in [5, 5.41) is 3.38. The van der Waals surface area contributed by atoms with Crippen LogP contribution in [0.25, 0.3) is 0 Å². The van der Waals surface area contributed by atoms with Gasteiger partial charge in [-0.15, -0.1) is 0 Å². The minimum Gasteiger partial charge on any atom is -0.488 e. The van der Waals surface area contributed by atoms with E-state index in [1.54, 1.807) is 0 Å². The average Bonchev–Trinajstić information content (AvgIpc) is 2.51. The van der Waals surface area contributed by atoms with E-state index in [-0.39, 0.29) is 5.41 Å². The van der Waals surface area contributed by atoms with Gasteiger partial charge in [0.1, 0.15) is 11.9 Å². The molecule has 2 aliphatic heterocycles. The zero-order valence-electron chi connectivity index (χ0n) is 8.34. The number of benzene rings is 1. The second-order valence-electron chi connectivity index (χ2n) is 4.40. The second-order valence-corrected chi connectivity index (χ2v) is 4.40. The summed E-state index contributed by atoms with van der Waals surface area (Å²) in [5.74, 6) is 1.06. The number of hydrogen-bond acceptors (Lipinski definition) is 2. The van der Waals surface area contributed by atoms with Gasteiger partial charge in [0.05, 0.1) is 0 Å². The Labute approximate surface area is 84.3 Å². The predicted molar refractivity (Wildman–Crippen MR) is 54.5 cm³/mol. The van der Waals surface area contributed by atoms with Crippen LogP contribution in [-0.2, 0) is 5.41 Å². The van der Waals surface area contributed by atoms with Crippen LogP contribution < -0.4 is 10.1 Å². The summed E-state index contributed by atoms with van der Waals surface area (Å²) in [7, 11) is 0. The lowest BCUT2D eigenvalue weighted by Crippen LogP contribution is -2.49. The van der Waals surface area contributed by atoms with Crippen LogP contribution >= 0.6 is 0 Å². The molecule has 3 rings (SSSR count). The molecule has 0 aliphatic carbocycles. The lowest BCUT2D eigenvalue weighted by Gasteiger charge is -2.35. The Kier molecular flexibility index (Phi) is 1.62. The van der Waals surface area contributed by atoms with E-state index in [0.29, 0.717) is 6.10 Å². The van der Waals surface area contributed by atoms with Crippen molar-refractivity contribution in [1.29, 1.82) is 0 Å².